The third-order valence-electron chi connectivity index (χ3n) is 3.96. The molecule has 0 radical (unpaired) electrons. The number of carbonyl (C=O) groups excluding carboxylic acids is 1. The number of hydrogen-bond donors (Lipinski definition) is 2. The Bertz CT molecular complexity index is 536. The largest absolute Gasteiger partial charge is 0.349 e. The van der Waals surface area contributed by atoms with Gasteiger partial charge in [-0.1, -0.05) is 0 Å². The number of carbonyl (C=O) groups is 1. The van der Waals surface area contributed by atoms with Crippen LogP contribution >= 0.6 is 0 Å². The van der Waals surface area contributed by atoms with E-state index in [0.717, 1.165) is 12.8 Å². The highest BCUT2D eigenvalue weighted by molar-refractivity contribution is 5.95. The molecule has 1 saturated heterocycles. The van der Waals surface area contributed by atoms with Crippen molar-refractivity contribution in [2.45, 2.75) is 64.6 Å². The van der Waals surface area contributed by atoms with Gasteiger partial charge in [-0.25, -0.2) is 4.39 Å². The second-order valence-corrected chi connectivity index (χ2v) is 7.43. The van der Waals surface area contributed by atoms with E-state index in [9.17, 15) is 9.18 Å². The summed E-state index contributed by atoms with van der Waals surface area (Å²) in [6, 6.07) is 4.40. The molecule has 0 bridgehead atoms. The fourth-order valence-electron chi connectivity index (χ4n) is 3.57. The minimum Gasteiger partial charge on any atom is -0.349 e. The second kappa shape index (κ2) is 5.41. The van der Waals surface area contributed by atoms with Crippen LogP contribution in [-0.2, 0) is 0 Å². The van der Waals surface area contributed by atoms with E-state index in [1.54, 1.807) is 13.0 Å². The lowest BCUT2D eigenvalue weighted by atomic mass is 9.79. The van der Waals surface area contributed by atoms with Gasteiger partial charge in [-0.2, -0.15) is 0 Å². The molecule has 1 amide bonds. The highest BCUT2D eigenvalue weighted by Gasteiger charge is 2.38. The van der Waals surface area contributed by atoms with Gasteiger partial charge < -0.3 is 10.6 Å². The van der Waals surface area contributed by atoms with Gasteiger partial charge in [0.05, 0.1) is 0 Å². The van der Waals surface area contributed by atoms with Crippen molar-refractivity contribution in [3.63, 3.8) is 0 Å². The first-order valence-corrected chi connectivity index (χ1v) is 7.44. The van der Waals surface area contributed by atoms with Gasteiger partial charge in [0.15, 0.2) is 0 Å². The number of piperidine rings is 1. The van der Waals surface area contributed by atoms with Crippen molar-refractivity contribution in [3.05, 3.63) is 35.1 Å². The number of aryl methyl sites for hydroxylation is 1. The third-order valence-corrected chi connectivity index (χ3v) is 3.96. The van der Waals surface area contributed by atoms with Crippen molar-refractivity contribution >= 4 is 5.91 Å². The van der Waals surface area contributed by atoms with E-state index in [-0.39, 0.29) is 28.8 Å². The third kappa shape index (κ3) is 4.03. The molecular weight excluding hydrogens is 267 g/mol. The van der Waals surface area contributed by atoms with Crippen LogP contribution in [0.25, 0.3) is 0 Å². The summed E-state index contributed by atoms with van der Waals surface area (Å²) < 4.78 is 13.1. The Balaban J connectivity index is 2.12. The molecule has 0 spiro atoms. The summed E-state index contributed by atoms with van der Waals surface area (Å²) >= 11 is 0. The molecule has 3 nitrogen and oxygen atoms in total. The van der Waals surface area contributed by atoms with Gasteiger partial charge in [0.2, 0.25) is 0 Å². The van der Waals surface area contributed by atoms with Crippen molar-refractivity contribution in [1.29, 1.82) is 0 Å². The average Bonchev–Trinajstić information content (AvgIpc) is 2.23. The van der Waals surface area contributed by atoms with E-state index < -0.39 is 0 Å². The molecule has 2 rings (SSSR count). The molecule has 21 heavy (non-hydrogen) atoms. The molecule has 0 unspecified atom stereocenters. The Kier molecular flexibility index (Phi) is 4.11. The number of halogens is 1. The van der Waals surface area contributed by atoms with Crippen LogP contribution in [0.5, 0.6) is 0 Å². The lowest BCUT2D eigenvalue weighted by molar-refractivity contribution is 0.0872. The van der Waals surface area contributed by atoms with Crippen LogP contribution in [0.4, 0.5) is 4.39 Å². The predicted molar refractivity (Wildman–Crippen MR) is 82.9 cm³/mol. The Morgan fingerprint density at radius 1 is 1.24 bits per heavy atom. The molecule has 4 heteroatoms. The smallest absolute Gasteiger partial charge is 0.251 e. The van der Waals surface area contributed by atoms with Crippen LogP contribution in [0.1, 0.15) is 56.5 Å². The van der Waals surface area contributed by atoms with Crippen molar-refractivity contribution in [3.8, 4) is 0 Å². The molecular formula is C17H25FN2O. The van der Waals surface area contributed by atoms with Gasteiger partial charge in [0.25, 0.3) is 5.91 Å². The fraction of sp³-hybridized carbons (Fsp3) is 0.588. The summed E-state index contributed by atoms with van der Waals surface area (Å²) in [5, 5.41) is 6.70. The minimum absolute atomic E-state index is 0.0163. The van der Waals surface area contributed by atoms with Gasteiger partial charge in [-0.3, -0.25) is 4.79 Å². The topological polar surface area (TPSA) is 41.1 Å². The van der Waals surface area contributed by atoms with Crippen molar-refractivity contribution in [1.82, 2.24) is 10.6 Å². The zero-order chi connectivity index (χ0) is 15.8. The molecule has 0 aliphatic carbocycles. The molecule has 0 atom stereocenters. The fourth-order valence-corrected chi connectivity index (χ4v) is 3.57. The minimum atomic E-state index is -0.312. The average molecular weight is 292 g/mol. The Labute approximate surface area is 126 Å². The first-order valence-electron chi connectivity index (χ1n) is 7.44. The van der Waals surface area contributed by atoms with E-state index in [1.807, 2.05) is 0 Å². The molecule has 1 fully saturated rings. The van der Waals surface area contributed by atoms with Crippen molar-refractivity contribution < 1.29 is 9.18 Å². The first-order chi connectivity index (χ1) is 9.58. The molecule has 1 aliphatic heterocycles. The number of benzene rings is 1. The molecule has 1 aromatic carbocycles. The number of amides is 1. The molecule has 0 saturated carbocycles. The Morgan fingerprint density at radius 2 is 1.81 bits per heavy atom. The summed E-state index contributed by atoms with van der Waals surface area (Å²) in [5.74, 6) is -0.431. The standard InChI is InChI=1S/C17H25FN2O/c1-11-8-12(18)6-7-14(11)15(21)19-13-9-16(2,3)20-17(4,5)10-13/h6-8,13,20H,9-10H2,1-5H3,(H,19,21). The van der Waals surface area contributed by atoms with Crippen LogP contribution in [0.3, 0.4) is 0 Å². The second-order valence-electron chi connectivity index (χ2n) is 7.43. The first kappa shape index (κ1) is 16.0. The summed E-state index contributed by atoms with van der Waals surface area (Å²) in [5.41, 5.74) is 1.18. The zero-order valence-electron chi connectivity index (χ0n) is 13.5. The molecule has 2 N–H and O–H groups in total. The summed E-state index contributed by atoms with van der Waals surface area (Å²) in [6.45, 7) is 10.4. The number of rotatable bonds is 2. The van der Waals surface area contributed by atoms with Gasteiger partial charge in [0.1, 0.15) is 5.82 Å². The summed E-state index contributed by atoms with van der Waals surface area (Å²) in [6.07, 6.45) is 1.75. The van der Waals surface area contributed by atoms with E-state index in [1.165, 1.54) is 12.1 Å². The predicted octanol–water partition coefficient (Wildman–Crippen LogP) is 3.17. The Morgan fingerprint density at radius 3 is 2.33 bits per heavy atom. The lowest BCUT2D eigenvalue weighted by Gasteiger charge is -2.46. The molecule has 116 valence electrons. The highest BCUT2D eigenvalue weighted by Crippen LogP contribution is 2.28. The van der Waals surface area contributed by atoms with Gasteiger partial charge in [-0.15, -0.1) is 0 Å². The Hall–Kier alpha value is -1.42. The van der Waals surface area contributed by atoms with Crippen molar-refractivity contribution in [2.24, 2.45) is 0 Å². The maximum Gasteiger partial charge on any atom is 0.251 e. The van der Waals surface area contributed by atoms with Gasteiger partial charge in [0, 0.05) is 22.7 Å². The highest BCUT2D eigenvalue weighted by atomic mass is 19.1. The van der Waals surface area contributed by atoms with Crippen LogP contribution in [0.15, 0.2) is 18.2 Å². The van der Waals surface area contributed by atoms with Crippen LogP contribution in [0.2, 0.25) is 0 Å². The van der Waals surface area contributed by atoms with E-state index in [2.05, 4.69) is 38.3 Å². The summed E-state index contributed by atoms with van der Waals surface area (Å²) in [7, 11) is 0. The van der Waals surface area contributed by atoms with Gasteiger partial charge in [-0.05, 0) is 71.2 Å². The van der Waals surface area contributed by atoms with Crippen LogP contribution in [-0.4, -0.2) is 23.0 Å². The maximum atomic E-state index is 13.1. The van der Waals surface area contributed by atoms with Crippen molar-refractivity contribution in [2.75, 3.05) is 0 Å². The van der Waals surface area contributed by atoms with E-state index >= 15 is 0 Å². The van der Waals surface area contributed by atoms with E-state index in [0.29, 0.717) is 11.1 Å². The molecule has 1 heterocycles. The zero-order valence-corrected chi connectivity index (χ0v) is 13.5. The normalized spacial score (nSPS) is 21.0. The molecule has 0 aromatic heterocycles. The van der Waals surface area contributed by atoms with Crippen LogP contribution < -0.4 is 10.6 Å². The van der Waals surface area contributed by atoms with E-state index in [4.69, 9.17) is 0 Å². The molecule has 1 aliphatic rings. The lowest BCUT2D eigenvalue weighted by Crippen LogP contribution is -2.62. The quantitative estimate of drug-likeness (QED) is 0.879. The number of hydrogen-bond acceptors (Lipinski definition) is 2. The SMILES string of the molecule is Cc1cc(F)ccc1C(=O)NC1CC(C)(C)NC(C)(C)C1. The van der Waals surface area contributed by atoms with Crippen LogP contribution in [0, 0.1) is 12.7 Å². The summed E-state index contributed by atoms with van der Waals surface area (Å²) in [4.78, 5) is 12.4. The van der Waals surface area contributed by atoms with Gasteiger partial charge >= 0.3 is 0 Å². The number of nitrogens with one attached hydrogen (secondary N) is 2. The maximum absolute atomic E-state index is 13.1. The molecule has 1 aromatic rings. The monoisotopic (exact) mass is 292 g/mol.